The first-order valence-corrected chi connectivity index (χ1v) is 15.9. The van der Waals surface area contributed by atoms with E-state index in [1.165, 1.54) is 43.4 Å². The number of fused-ring (bicyclic) bond motifs is 1. The fourth-order valence-corrected chi connectivity index (χ4v) is 7.11. The van der Waals surface area contributed by atoms with Gasteiger partial charge in [-0.25, -0.2) is 9.78 Å². The Morgan fingerprint density at radius 1 is 0.884 bits per heavy atom. The summed E-state index contributed by atoms with van der Waals surface area (Å²) in [4.78, 5) is 29.1. The van der Waals surface area contributed by atoms with Gasteiger partial charge in [0.15, 0.2) is 0 Å². The Labute approximate surface area is 254 Å². The first-order valence-electron chi connectivity index (χ1n) is 15.1. The monoisotopic (exact) mass is 594 g/mol. The lowest BCUT2D eigenvalue weighted by atomic mass is 9.84. The maximum absolute atomic E-state index is 12.6. The van der Waals surface area contributed by atoms with E-state index < -0.39 is 5.97 Å². The zero-order chi connectivity index (χ0) is 29.2. The second-order valence-corrected chi connectivity index (χ2v) is 12.3. The molecule has 1 aliphatic heterocycles. The van der Waals surface area contributed by atoms with Crippen LogP contribution >= 0.6 is 11.3 Å². The summed E-state index contributed by atoms with van der Waals surface area (Å²) in [5.41, 5.74) is 3.28. The predicted molar refractivity (Wildman–Crippen MR) is 167 cm³/mol. The lowest BCUT2D eigenvalue weighted by Gasteiger charge is -2.42. The van der Waals surface area contributed by atoms with E-state index in [9.17, 15) is 4.79 Å². The molecule has 1 saturated carbocycles. The molecule has 5 aromatic rings. The predicted octanol–water partition coefficient (Wildman–Crippen LogP) is 5.37. The summed E-state index contributed by atoms with van der Waals surface area (Å²) in [5, 5.41) is 18.7. The van der Waals surface area contributed by atoms with Gasteiger partial charge < -0.3 is 9.74 Å². The molecule has 10 nitrogen and oxygen atoms in total. The molecule has 0 spiro atoms. The highest BCUT2D eigenvalue weighted by Gasteiger charge is 2.28. The Morgan fingerprint density at radius 2 is 1.67 bits per heavy atom. The summed E-state index contributed by atoms with van der Waals surface area (Å²) in [5.74, 6) is 1.43. The summed E-state index contributed by atoms with van der Waals surface area (Å²) < 4.78 is 0. The maximum atomic E-state index is 12.6. The van der Waals surface area contributed by atoms with Gasteiger partial charge in [0.25, 0.3) is 0 Å². The summed E-state index contributed by atoms with van der Waals surface area (Å²) >= 11 is 1.47. The van der Waals surface area contributed by atoms with E-state index in [-0.39, 0.29) is 0 Å². The van der Waals surface area contributed by atoms with Crippen molar-refractivity contribution in [2.45, 2.75) is 45.1 Å². The van der Waals surface area contributed by atoms with Gasteiger partial charge >= 0.3 is 5.97 Å². The van der Waals surface area contributed by atoms with E-state index in [1.807, 2.05) is 24.4 Å². The van der Waals surface area contributed by atoms with E-state index in [1.54, 1.807) is 30.3 Å². The number of rotatable bonds is 7. The molecule has 11 heteroatoms. The van der Waals surface area contributed by atoms with Crippen molar-refractivity contribution in [2.75, 3.05) is 31.1 Å². The molecular formula is C32H34N8O2S. The van der Waals surface area contributed by atoms with Crippen LogP contribution in [0, 0.1) is 5.92 Å². The Hall–Kier alpha value is -4.22. The SMILES string of the molecule is CCC1CCC(N2CCN(c3ccc(-c4nnc(-c5cccc6c5nnn6OC(=O)c5ccccc5)s4)cn3)CC2)CC1. The quantitative estimate of drug-likeness (QED) is 0.230. The first kappa shape index (κ1) is 27.6. The molecule has 43 heavy (non-hydrogen) atoms. The van der Waals surface area contributed by atoms with E-state index in [0.29, 0.717) is 21.6 Å². The van der Waals surface area contributed by atoms with Crippen molar-refractivity contribution < 1.29 is 9.63 Å². The minimum Gasteiger partial charge on any atom is -0.354 e. The molecule has 1 saturated heterocycles. The van der Waals surface area contributed by atoms with Crippen molar-refractivity contribution in [1.82, 2.24) is 35.2 Å². The van der Waals surface area contributed by atoms with Crippen LogP contribution in [-0.4, -0.2) is 73.4 Å². The third kappa shape index (κ3) is 5.74. The van der Waals surface area contributed by atoms with Crippen molar-refractivity contribution in [1.29, 1.82) is 0 Å². The van der Waals surface area contributed by atoms with Crippen molar-refractivity contribution in [3.8, 4) is 21.1 Å². The normalized spacial score (nSPS) is 19.5. The smallest absolute Gasteiger partial charge is 0.354 e. The van der Waals surface area contributed by atoms with E-state index in [2.05, 4.69) is 49.4 Å². The number of pyridine rings is 1. The zero-order valence-corrected chi connectivity index (χ0v) is 25.0. The van der Waals surface area contributed by atoms with Gasteiger partial charge in [-0.1, -0.05) is 53.8 Å². The van der Waals surface area contributed by atoms with Gasteiger partial charge in [-0.3, -0.25) is 4.90 Å². The van der Waals surface area contributed by atoms with Crippen LogP contribution < -0.4 is 9.74 Å². The number of aromatic nitrogens is 6. The molecule has 7 rings (SSSR count). The maximum Gasteiger partial charge on any atom is 0.365 e. The molecule has 0 N–H and O–H groups in total. The van der Waals surface area contributed by atoms with Crippen LogP contribution in [0.1, 0.15) is 49.4 Å². The number of anilines is 1. The molecule has 1 aliphatic carbocycles. The Morgan fingerprint density at radius 3 is 2.42 bits per heavy atom. The van der Waals surface area contributed by atoms with Crippen LogP contribution in [0.25, 0.3) is 32.2 Å². The van der Waals surface area contributed by atoms with Crippen LogP contribution in [-0.2, 0) is 0 Å². The van der Waals surface area contributed by atoms with Gasteiger partial charge in [-0.2, -0.15) is 0 Å². The molecule has 0 unspecified atom stereocenters. The minimum atomic E-state index is -0.511. The molecule has 0 bridgehead atoms. The van der Waals surface area contributed by atoms with Gasteiger partial charge in [-0.15, -0.1) is 15.3 Å². The van der Waals surface area contributed by atoms with Gasteiger partial charge in [-0.05, 0) is 73.2 Å². The zero-order valence-electron chi connectivity index (χ0n) is 24.2. The number of benzene rings is 2. The van der Waals surface area contributed by atoms with E-state index in [0.717, 1.165) is 64.9 Å². The second kappa shape index (κ2) is 12.2. The number of hydrogen-bond donors (Lipinski definition) is 0. The topological polar surface area (TPSA) is 102 Å². The number of carbonyl (C=O) groups is 1. The van der Waals surface area contributed by atoms with Crippen LogP contribution in [0.5, 0.6) is 0 Å². The first-order chi connectivity index (χ1) is 21.2. The molecule has 220 valence electrons. The lowest BCUT2D eigenvalue weighted by Crippen LogP contribution is -2.51. The Kier molecular flexibility index (Phi) is 7.82. The van der Waals surface area contributed by atoms with Crippen LogP contribution in [0.2, 0.25) is 0 Å². The second-order valence-electron chi connectivity index (χ2n) is 11.3. The third-order valence-electron chi connectivity index (χ3n) is 8.82. The molecule has 2 aliphatic rings. The highest BCUT2D eigenvalue weighted by atomic mass is 32.1. The summed E-state index contributed by atoms with van der Waals surface area (Å²) in [6.07, 6.45) is 8.69. The van der Waals surface area contributed by atoms with E-state index >= 15 is 0 Å². The highest BCUT2D eigenvalue weighted by molar-refractivity contribution is 7.18. The number of piperazine rings is 1. The largest absolute Gasteiger partial charge is 0.365 e. The van der Waals surface area contributed by atoms with Crippen LogP contribution in [0.4, 0.5) is 5.82 Å². The average molecular weight is 595 g/mol. The lowest BCUT2D eigenvalue weighted by molar-refractivity contribution is 0.0409. The molecule has 2 aromatic carbocycles. The van der Waals surface area contributed by atoms with Crippen LogP contribution in [0.15, 0.2) is 66.9 Å². The third-order valence-corrected chi connectivity index (χ3v) is 9.83. The Bertz CT molecular complexity index is 1690. The number of nitrogens with zero attached hydrogens (tertiary/aromatic N) is 8. The number of hydrogen-bond acceptors (Lipinski definition) is 10. The van der Waals surface area contributed by atoms with Crippen molar-refractivity contribution in [3.05, 3.63) is 72.4 Å². The minimum absolute atomic E-state index is 0.433. The fourth-order valence-electron chi connectivity index (χ4n) is 6.25. The Balaban J connectivity index is 1.01. The standard InChI is InChI=1S/C32H34N8O2S/c1-2-22-11-14-25(15-12-22)38-17-19-39(20-18-38)28-16-13-24(21-33-28)30-35-36-31(43-30)26-9-6-10-27-29(26)34-37-40(27)42-32(41)23-7-4-3-5-8-23/h3-10,13,16,21-22,25H,2,11-12,14-15,17-20H2,1H3. The summed E-state index contributed by atoms with van der Waals surface area (Å²) in [6.45, 7) is 6.55. The molecule has 4 heterocycles. The highest BCUT2D eigenvalue weighted by Crippen LogP contribution is 2.34. The van der Waals surface area contributed by atoms with Gasteiger partial charge in [0.05, 0.1) is 5.56 Å². The molecule has 0 amide bonds. The van der Waals surface area contributed by atoms with Gasteiger partial charge in [0.1, 0.15) is 26.9 Å². The van der Waals surface area contributed by atoms with Crippen molar-refractivity contribution in [2.24, 2.45) is 5.92 Å². The van der Waals surface area contributed by atoms with Gasteiger partial charge in [0, 0.05) is 49.5 Å². The fraction of sp³-hybridized carbons (Fsp3) is 0.375. The summed E-state index contributed by atoms with van der Waals surface area (Å²) in [6, 6.07) is 19.3. The van der Waals surface area contributed by atoms with Crippen LogP contribution in [0.3, 0.4) is 0 Å². The summed E-state index contributed by atoms with van der Waals surface area (Å²) in [7, 11) is 0. The molecule has 2 fully saturated rings. The van der Waals surface area contributed by atoms with E-state index in [4.69, 9.17) is 9.82 Å². The molecule has 0 radical (unpaired) electrons. The van der Waals surface area contributed by atoms with Gasteiger partial charge in [0.2, 0.25) is 0 Å². The van der Waals surface area contributed by atoms with Crippen molar-refractivity contribution in [3.63, 3.8) is 0 Å². The molecule has 3 aromatic heterocycles. The molecular weight excluding hydrogens is 560 g/mol. The van der Waals surface area contributed by atoms with Crippen molar-refractivity contribution >= 4 is 34.2 Å². The average Bonchev–Trinajstić information content (AvgIpc) is 3.73. The number of carbonyl (C=O) groups excluding carboxylic acids is 1. The molecule has 0 atom stereocenters.